The molecule has 7 nitrogen and oxygen atoms in total. The highest BCUT2D eigenvalue weighted by atomic mass is 16.7. The molecular formula is C19H27NO6. The van der Waals surface area contributed by atoms with Gasteiger partial charge in [-0.3, -0.25) is 0 Å². The van der Waals surface area contributed by atoms with Crippen LogP contribution in [0, 0.1) is 5.92 Å². The molecule has 2 rings (SSSR count). The normalized spacial score (nSPS) is 17.0. The number of amides is 1. The van der Waals surface area contributed by atoms with Crippen LogP contribution in [-0.2, 0) is 9.47 Å². The van der Waals surface area contributed by atoms with Gasteiger partial charge in [-0.25, -0.2) is 9.59 Å². The van der Waals surface area contributed by atoms with Crippen LogP contribution in [0.2, 0.25) is 0 Å². The highest BCUT2D eigenvalue weighted by Crippen LogP contribution is 2.40. The maximum atomic E-state index is 12.5. The summed E-state index contributed by atoms with van der Waals surface area (Å²) in [5.74, 6) is -1.64. The van der Waals surface area contributed by atoms with E-state index in [0.29, 0.717) is 5.56 Å². The monoisotopic (exact) mass is 365 g/mol. The minimum absolute atomic E-state index is 0.0686. The standard InChI is InChI=1S/C19H27NO6/c1-10(2)15(20-17(23)26-18(3,4)5)12-8-11(21)9-13-14(12)16(22)25-19(6,7)24-13/h8-10,15,21H,1-7H3,(H,20,23)/t15-/m0/s1. The number of benzene rings is 1. The highest BCUT2D eigenvalue weighted by molar-refractivity contribution is 5.96. The van der Waals surface area contributed by atoms with Gasteiger partial charge in [0.2, 0.25) is 5.79 Å². The molecule has 1 aliphatic rings. The lowest BCUT2D eigenvalue weighted by Crippen LogP contribution is -2.41. The summed E-state index contributed by atoms with van der Waals surface area (Å²) in [4.78, 5) is 24.8. The summed E-state index contributed by atoms with van der Waals surface area (Å²) < 4.78 is 16.3. The Hall–Kier alpha value is -2.44. The molecule has 0 radical (unpaired) electrons. The minimum Gasteiger partial charge on any atom is -0.508 e. The van der Waals surface area contributed by atoms with Crippen LogP contribution in [0.1, 0.15) is 70.4 Å². The lowest BCUT2D eigenvalue weighted by atomic mass is 9.91. The summed E-state index contributed by atoms with van der Waals surface area (Å²) in [7, 11) is 0. The van der Waals surface area contributed by atoms with Crippen LogP contribution < -0.4 is 10.1 Å². The Kier molecular flexibility index (Phi) is 5.12. The SMILES string of the molecule is CC(C)[C@H](NC(=O)OC(C)(C)C)c1cc(O)cc2c1C(=O)OC(C)(C)O2. The number of carbonyl (C=O) groups excluding carboxylic acids is 2. The average Bonchev–Trinajstić information content (AvgIpc) is 2.39. The number of aromatic hydroxyl groups is 1. The molecule has 1 aliphatic heterocycles. The van der Waals surface area contributed by atoms with Crippen LogP contribution in [0.25, 0.3) is 0 Å². The molecule has 0 aromatic heterocycles. The summed E-state index contributed by atoms with van der Waals surface area (Å²) in [5.41, 5.74) is -0.0473. The van der Waals surface area contributed by atoms with E-state index in [0.717, 1.165) is 0 Å². The topological polar surface area (TPSA) is 94.1 Å². The van der Waals surface area contributed by atoms with Gasteiger partial charge in [-0.1, -0.05) is 13.8 Å². The Labute approximate surface area is 153 Å². The number of phenolic OH excluding ortho intramolecular Hbond substituents is 1. The summed E-state index contributed by atoms with van der Waals surface area (Å²) in [6.45, 7) is 12.3. The van der Waals surface area contributed by atoms with Gasteiger partial charge in [-0.2, -0.15) is 0 Å². The third kappa shape index (κ3) is 4.59. The molecule has 0 unspecified atom stereocenters. The average molecular weight is 365 g/mol. The second-order valence-corrected chi connectivity index (χ2v) is 8.17. The van der Waals surface area contributed by atoms with Crippen molar-refractivity contribution in [1.82, 2.24) is 5.32 Å². The first kappa shape index (κ1) is 19.9. The predicted octanol–water partition coefficient (Wildman–Crippen LogP) is 3.90. The zero-order valence-electron chi connectivity index (χ0n) is 16.3. The molecule has 0 bridgehead atoms. The van der Waals surface area contributed by atoms with Gasteiger partial charge in [0.1, 0.15) is 22.7 Å². The summed E-state index contributed by atoms with van der Waals surface area (Å²) in [5, 5.41) is 12.9. The van der Waals surface area contributed by atoms with Crippen molar-refractivity contribution in [3.63, 3.8) is 0 Å². The Morgan fingerprint density at radius 1 is 1.23 bits per heavy atom. The van der Waals surface area contributed by atoms with Crippen molar-refractivity contribution in [1.29, 1.82) is 0 Å². The van der Waals surface area contributed by atoms with Gasteiger partial charge in [0.25, 0.3) is 0 Å². The van der Waals surface area contributed by atoms with E-state index in [-0.39, 0.29) is 23.0 Å². The lowest BCUT2D eigenvalue weighted by molar-refractivity contribution is -0.127. The maximum absolute atomic E-state index is 12.5. The fourth-order valence-corrected chi connectivity index (χ4v) is 2.76. The van der Waals surface area contributed by atoms with E-state index in [2.05, 4.69) is 5.32 Å². The van der Waals surface area contributed by atoms with Crippen LogP contribution in [0.3, 0.4) is 0 Å². The highest BCUT2D eigenvalue weighted by Gasteiger charge is 2.38. The number of alkyl carbamates (subject to hydrolysis) is 1. The number of ether oxygens (including phenoxy) is 3. The van der Waals surface area contributed by atoms with Crippen molar-refractivity contribution in [3.05, 3.63) is 23.3 Å². The second-order valence-electron chi connectivity index (χ2n) is 8.17. The van der Waals surface area contributed by atoms with E-state index in [1.165, 1.54) is 12.1 Å². The first-order chi connectivity index (χ1) is 11.8. The molecule has 0 saturated carbocycles. The molecule has 1 atom stereocenters. The Balaban J connectivity index is 2.46. The first-order valence-corrected chi connectivity index (χ1v) is 8.58. The molecule has 1 aromatic rings. The summed E-state index contributed by atoms with van der Waals surface area (Å²) in [6.07, 6.45) is -0.612. The second kappa shape index (κ2) is 6.70. The van der Waals surface area contributed by atoms with E-state index in [1.807, 2.05) is 13.8 Å². The molecule has 26 heavy (non-hydrogen) atoms. The number of hydrogen-bond donors (Lipinski definition) is 2. The summed E-state index contributed by atoms with van der Waals surface area (Å²) >= 11 is 0. The third-order valence-corrected chi connectivity index (χ3v) is 3.69. The van der Waals surface area contributed by atoms with Crippen molar-refractivity contribution in [2.45, 2.75) is 65.9 Å². The number of esters is 1. The smallest absolute Gasteiger partial charge is 0.408 e. The van der Waals surface area contributed by atoms with Gasteiger partial charge >= 0.3 is 12.1 Å². The van der Waals surface area contributed by atoms with Gasteiger partial charge in [0, 0.05) is 19.9 Å². The molecular weight excluding hydrogens is 338 g/mol. The van der Waals surface area contributed by atoms with Crippen molar-refractivity contribution in [2.24, 2.45) is 5.92 Å². The minimum atomic E-state index is -1.14. The molecule has 1 amide bonds. The lowest BCUT2D eigenvalue weighted by Gasteiger charge is -2.34. The summed E-state index contributed by atoms with van der Waals surface area (Å²) in [6, 6.07) is 2.22. The zero-order chi connectivity index (χ0) is 19.9. The number of nitrogens with one attached hydrogen (secondary N) is 1. The molecule has 0 aliphatic carbocycles. The number of fused-ring (bicyclic) bond motifs is 1. The van der Waals surface area contributed by atoms with Crippen LogP contribution in [0.15, 0.2) is 12.1 Å². The van der Waals surface area contributed by atoms with Crippen molar-refractivity contribution >= 4 is 12.1 Å². The van der Waals surface area contributed by atoms with Crippen LogP contribution in [0.5, 0.6) is 11.5 Å². The van der Waals surface area contributed by atoms with Crippen molar-refractivity contribution < 1.29 is 28.9 Å². The molecule has 0 saturated heterocycles. The molecule has 144 valence electrons. The number of carbonyl (C=O) groups is 2. The number of hydrogen-bond acceptors (Lipinski definition) is 6. The van der Waals surface area contributed by atoms with E-state index >= 15 is 0 Å². The predicted molar refractivity (Wildman–Crippen MR) is 95.2 cm³/mol. The molecule has 2 N–H and O–H groups in total. The molecule has 1 heterocycles. The zero-order valence-corrected chi connectivity index (χ0v) is 16.3. The van der Waals surface area contributed by atoms with E-state index < -0.39 is 29.5 Å². The van der Waals surface area contributed by atoms with Crippen molar-refractivity contribution in [2.75, 3.05) is 0 Å². The molecule has 7 heteroatoms. The van der Waals surface area contributed by atoms with Gasteiger partial charge in [-0.05, 0) is 38.3 Å². The Morgan fingerprint density at radius 3 is 2.38 bits per heavy atom. The largest absolute Gasteiger partial charge is 0.508 e. The first-order valence-electron chi connectivity index (χ1n) is 8.58. The molecule has 0 spiro atoms. The number of rotatable bonds is 3. The van der Waals surface area contributed by atoms with E-state index in [1.54, 1.807) is 34.6 Å². The Bertz CT molecular complexity index is 717. The molecule has 0 fully saturated rings. The van der Waals surface area contributed by atoms with Crippen molar-refractivity contribution in [3.8, 4) is 11.5 Å². The fraction of sp³-hybridized carbons (Fsp3) is 0.579. The Morgan fingerprint density at radius 2 is 1.85 bits per heavy atom. The van der Waals surface area contributed by atoms with Gasteiger partial charge < -0.3 is 24.6 Å². The van der Waals surface area contributed by atoms with Gasteiger partial charge in [0.15, 0.2) is 0 Å². The van der Waals surface area contributed by atoms with E-state index in [4.69, 9.17) is 14.2 Å². The quantitative estimate of drug-likeness (QED) is 0.789. The maximum Gasteiger partial charge on any atom is 0.408 e. The van der Waals surface area contributed by atoms with Crippen LogP contribution >= 0.6 is 0 Å². The van der Waals surface area contributed by atoms with Crippen LogP contribution in [0.4, 0.5) is 4.79 Å². The fourth-order valence-electron chi connectivity index (χ4n) is 2.76. The number of cyclic esters (lactones) is 1. The number of phenols is 1. The van der Waals surface area contributed by atoms with Gasteiger partial charge in [0.05, 0.1) is 6.04 Å². The third-order valence-electron chi connectivity index (χ3n) is 3.69. The molecule has 1 aromatic carbocycles. The van der Waals surface area contributed by atoms with E-state index in [9.17, 15) is 14.7 Å². The van der Waals surface area contributed by atoms with Gasteiger partial charge in [-0.15, -0.1) is 0 Å². The van der Waals surface area contributed by atoms with Crippen LogP contribution in [-0.4, -0.2) is 28.6 Å².